The molecule has 342 valence electrons. The van der Waals surface area contributed by atoms with Gasteiger partial charge in [-0.1, -0.05) is 163 Å². The molecule has 0 fully saturated rings. The van der Waals surface area contributed by atoms with E-state index >= 15 is 0 Å². The van der Waals surface area contributed by atoms with Crippen molar-refractivity contribution in [1.82, 2.24) is 19.1 Å². The number of pyridine rings is 2. The number of rotatable bonds is 6. The van der Waals surface area contributed by atoms with Crippen LogP contribution in [0.25, 0.3) is 88.6 Å². The second-order valence-corrected chi connectivity index (χ2v) is 21.5. The molecular weight excluding hydrogens is 861 g/mol. The molecule has 0 unspecified atom stereocenters. The molecule has 0 bridgehead atoms. The predicted molar refractivity (Wildman–Crippen MR) is 296 cm³/mol. The van der Waals surface area contributed by atoms with Gasteiger partial charge in [-0.25, -0.2) is 0 Å². The lowest BCUT2D eigenvalue weighted by atomic mass is 9.67. The topological polar surface area (TPSA) is 35.6 Å². The second kappa shape index (κ2) is 15.8. The summed E-state index contributed by atoms with van der Waals surface area (Å²) in [5.41, 5.74) is 19.4. The summed E-state index contributed by atoms with van der Waals surface area (Å²) in [7, 11) is 0. The van der Waals surface area contributed by atoms with Gasteiger partial charge in [0.05, 0.1) is 38.9 Å². The van der Waals surface area contributed by atoms with E-state index in [1.807, 2.05) is 12.4 Å². The lowest BCUT2D eigenvalue weighted by Crippen LogP contribution is -2.29. The van der Waals surface area contributed by atoms with Gasteiger partial charge in [0.15, 0.2) is 0 Å². The number of aromatic nitrogens is 4. The minimum absolute atomic E-state index is 0.0439. The fourth-order valence-electron chi connectivity index (χ4n) is 11.5. The van der Waals surface area contributed by atoms with E-state index in [2.05, 4.69) is 257 Å². The van der Waals surface area contributed by atoms with Crippen LogP contribution >= 0.6 is 0 Å². The maximum atomic E-state index is 5.44. The number of para-hydroxylation sites is 2. The largest absolute Gasteiger partial charge is 0.309 e. The van der Waals surface area contributed by atoms with Crippen LogP contribution in [0.3, 0.4) is 0 Å². The third-order valence-electron chi connectivity index (χ3n) is 15.2. The van der Waals surface area contributed by atoms with Crippen molar-refractivity contribution >= 4 is 43.6 Å². The van der Waals surface area contributed by atoms with Gasteiger partial charge in [-0.3, -0.25) is 9.97 Å². The Labute approximate surface area is 415 Å². The average Bonchev–Trinajstić information content (AvgIpc) is 4.01. The molecule has 1 aliphatic carbocycles. The SMILES string of the molecule is CC(C)(C)c1ccc2c(c1)c1cc(C3(c4ccc5c(c4)c4cc(C(C)(C)C)ccc4n5-c4ccccc4)c4cc(-c5ccccc5)cnc4-c4ncc(-c5ccccc5)cc43)ccc1n2-c1ccccc1. The number of benzene rings is 8. The molecule has 12 aromatic rings. The molecule has 0 aliphatic heterocycles. The molecule has 0 saturated carbocycles. The van der Waals surface area contributed by atoms with Crippen molar-refractivity contribution < 1.29 is 0 Å². The van der Waals surface area contributed by atoms with Crippen molar-refractivity contribution in [2.45, 2.75) is 57.8 Å². The molecule has 0 amide bonds. The Kier molecular flexibility index (Phi) is 9.54. The lowest BCUT2D eigenvalue weighted by Gasteiger charge is -2.34. The quantitative estimate of drug-likeness (QED) is 0.167. The highest BCUT2D eigenvalue weighted by molar-refractivity contribution is 6.12. The van der Waals surface area contributed by atoms with Crippen LogP contribution in [0, 0.1) is 0 Å². The standard InChI is InChI=1S/C67H54N4/c1-65(2,3)47-27-31-59-53(37-47)55-39-49(29-33-61(55)70(59)51-23-15-9-16-24-51)67(50-30-34-62-56(40-50)54-38-48(66(4,5)6)28-32-60(54)71(62)52-25-17-10-18-26-52)57-35-45(43-19-11-7-12-20-43)41-68-63(57)64-58(67)36-46(42-69-64)44-21-13-8-14-22-44/h7-42H,1-6H3. The number of hydrogen-bond donors (Lipinski definition) is 0. The summed E-state index contributed by atoms with van der Waals surface area (Å²) in [6.07, 6.45) is 4.08. The van der Waals surface area contributed by atoms with Crippen molar-refractivity contribution in [3.05, 3.63) is 252 Å². The highest BCUT2D eigenvalue weighted by atomic mass is 15.0. The number of fused-ring (bicyclic) bond motifs is 9. The molecule has 13 rings (SSSR count). The van der Waals surface area contributed by atoms with Crippen LogP contribution in [-0.2, 0) is 16.2 Å². The van der Waals surface area contributed by atoms with Crippen molar-refractivity contribution in [2.24, 2.45) is 0 Å². The first-order valence-electron chi connectivity index (χ1n) is 24.9. The van der Waals surface area contributed by atoms with Gasteiger partial charge in [0.25, 0.3) is 0 Å². The Morgan fingerprint density at radius 1 is 0.338 bits per heavy atom. The van der Waals surface area contributed by atoms with Crippen molar-refractivity contribution in [3.8, 4) is 45.0 Å². The Hall–Kier alpha value is -8.34. The first-order valence-corrected chi connectivity index (χ1v) is 24.9. The highest BCUT2D eigenvalue weighted by Crippen LogP contribution is 2.57. The van der Waals surface area contributed by atoms with Gasteiger partial charge in [-0.05, 0) is 129 Å². The predicted octanol–water partition coefficient (Wildman–Crippen LogP) is 17.0. The zero-order chi connectivity index (χ0) is 48.2. The Bertz CT molecular complexity index is 3770. The van der Waals surface area contributed by atoms with Gasteiger partial charge in [-0.2, -0.15) is 0 Å². The zero-order valence-electron chi connectivity index (χ0n) is 41.1. The molecule has 4 nitrogen and oxygen atoms in total. The van der Waals surface area contributed by atoms with Crippen LogP contribution in [-0.4, -0.2) is 19.1 Å². The van der Waals surface area contributed by atoms with Gasteiger partial charge in [0.2, 0.25) is 0 Å². The summed E-state index contributed by atoms with van der Waals surface area (Å²) in [4.78, 5) is 10.9. The molecule has 0 N–H and O–H groups in total. The van der Waals surface area contributed by atoms with Crippen LogP contribution in [0.5, 0.6) is 0 Å². The van der Waals surface area contributed by atoms with Crippen LogP contribution in [0.15, 0.2) is 219 Å². The van der Waals surface area contributed by atoms with Gasteiger partial charge in [0.1, 0.15) is 0 Å². The molecule has 4 aromatic heterocycles. The first kappa shape index (κ1) is 42.7. The summed E-state index contributed by atoms with van der Waals surface area (Å²) in [6, 6.07) is 76.5. The van der Waals surface area contributed by atoms with E-state index in [0.717, 1.165) is 67.2 Å². The summed E-state index contributed by atoms with van der Waals surface area (Å²) < 4.78 is 4.87. The van der Waals surface area contributed by atoms with E-state index in [4.69, 9.17) is 9.97 Å². The number of nitrogens with zero attached hydrogens (tertiary/aromatic N) is 4. The molecular formula is C67H54N4. The molecule has 0 spiro atoms. The van der Waals surface area contributed by atoms with E-state index in [1.54, 1.807) is 0 Å². The van der Waals surface area contributed by atoms with Crippen molar-refractivity contribution in [2.75, 3.05) is 0 Å². The fraction of sp³-hybridized carbons (Fsp3) is 0.134. The van der Waals surface area contributed by atoms with Crippen molar-refractivity contribution in [1.29, 1.82) is 0 Å². The molecule has 4 heteroatoms. The third-order valence-corrected chi connectivity index (χ3v) is 15.2. The van der Waals surface area contributed by atoms with Gasteiger partial charge in [-0.15, -0.1) is 0 Å². The second-order valence-electron chi connectivity index (χ2n) is 21.5. The summed E-state index contributed by atoms with van der Waals surface area (Å²) in [6.45, 7) is 13.8. The van der Waals surface area contributed by atoms with Gasteiger partial charge >= 0.3 is 0 Å². The maximum Gasteiger partial charge on any atom is 0.0937 e. The van der Waals surface area contributed by atoms with E-state index in [9.17, 15) is 0 Å². The Balaban J connectivity index is 1.20. The summed E-state index contributed by atoms with van der Waals surface area (Å²) in [5.74, 6) is 0. The minimum atomic E-state index is -0.853. The van der Waals surface area contributed by atoms with Crippen LogP contribution in [0.2, 0.25) is 0 Å². The van der Waals surface area contributed by atoms with Crippen molar-refractivity contribution in [3.63, 3.8) is 0 Å². The van der Waals surface area contributed by atoms with E-state index in [0.29, 0.717) is 0 Å². The fourth-order valence-corrected chi connectivity index (χ4v) is 11.5. The van der Waals surface area contributed by atoms with Gasteiger partial charge < -0.3 is 9.13 Å². The molecule has 0 saturated heterocycles. The zero-order valence-corrected chi connectivity index (χ0v) is 41.1. The Morgan fingerprint density at radius 2 is 0.676 bits per heavy atom. The smallest absolute Gasteiger partial charge is 0.0937 e. The first-order chi connectivity index (χ1) is 34.5. The molecule has 0 radical (unpaired) electrons. The molecule has 4 heterocycles. The molecule has 8 aromatic carbocycles. The van der Waals surface area contributed by atoms with Gasteiger partial charge in [0, 0.05) is 67.6 Å². The molecule has 1 aliphatic rings. The molecule has 71 heavy (non-hydrogen) atoms. The van der Waals surface area contributed by atoms with Crippen LogP contribution in [0.1, 0.15) is 74.9 Å². The third kappa shape index (κ3) is 6.65. The van der Waals surface area contributed by atoms with E-state index in [1.165, 1.54) is 54.8 Å². The lowest BCUT2D eigenvalue weighted by molar-refractivity contribution is 0.591. The normalized spacial score (nSPS) is 13.3. The average molecular weight is 915 g/mol. The van der Waals surface area contributed by atoms with E-state index < -0.39 is 5.41 Å². The monoisotopic (exact) mass is 914 g/mol. The van der Waals surface area contributed by atoms with Crippen LogP contribution in [0.4, 0.5) is 0 Å². The van der Waals surface area contributed by atoms with Crippen LogP contribution < -0.4 is 0 Å². The summed E-state index contributed by atoms with van der Waals surface area (Å²) in [5, 5.41) is 4.88. The minimum Gasteiger partial charge on any atom is -0.309 e. The maximum absolute atomic E-state index is 5.44. The van der Waals surface area contributed by atoms with E-state index in [-0.39, 0.29) is 10.8 Å². The summed E-state index contributed by atoms with van der Waals surface area (Å²) >= 11 is 0. The Morgan fingerprint density at radius 3 is 1.04 bits per heavy atom. The molecule has 0 atom stereocenters. The highest BCUT2D eigenvalue weighted by Gasteiger charge is 2.49. The number of hydrogen-bond acceptors (Lipinski definition) is 2.